The molecular weight excluding hydrogens is 283 g/mol. The summed E-state index contributed by atoms with van der Waals surface area (Å²) >= 11 is 0. The summed E-state index contributed by atoms with van der Waals surface area (Å²) in [6.45, 7) is 0.611. The summed E-state index contributed by atoms with van der Waals surface area (Å²) in [4.78, 5) is 10.3. The van der Waals surface area contributed by atoms with Crippen LogP contribution >= 0.6 is 0 Å². The summed E-state index contributed by atoms with van der Waals surface area (Å²) in [6.07, 6.45) is 0.156. The van der Waals surface area contributed by atoms with Crippen LogP contribution in [0, 0.1) is 0 Å². The monoisotopic (exact) mass is 303 g/mol. The van der Waals surface area contributed by atoms with Crippen LogP contribution in [-0.2, 0) is 11.0 Å². The molecule has 0 fully saturated rings. The molecule has 0 amide bonds. The largest absolute Gasteiger partial charge is 0.481 e. The van der Waals surface area contributed by atoms with Crippen LogP contribution in [0.2, 0.25) is 0 Å². The number of nitrogens with one attached hydrogen (secondary N) is 1. The maximum atomic E-state index is 12.5. The number of carboxylic acids is 1. The van der Waals surface area contributed by atoms with Crippen LogP contribution in [0.5, 0.6) is 0 Å². The van der Waals surface area contributed by atoms with Crippen LogP contribution < -0.4 is 5.32 Å². The van der Waals surface area contributed by atoms with Gasteiger partial charge < -0.3 is 10.4 Å². The molecule has 0 saturated heterocycles. The molecule has 0 unspecified atom stereocenters. The lowest BCUT2D eigenvalue weighted by Crippen LogP contribution is -2.07. The van der Waals surface area contributed by atoms with Crippen LogP contribution in [0.15, 0.2) is 24.3 Å². The number of aliphatic carboxylic acids is 1. The number of carbonyl (C=O) groups is 1. The lowest BCUT2D eigenvalue weighted by atomic mass is 10.1. The van der Waals surface area contributed by atoms with Crippen molar-refractivity contribution in [3.8, 4) is 0 Å². The van der Waals surface area contributed by atoms with Crippen molar-refractivity contribution in [3.05, 3.63) is 29.8 Å². The third-order valence-electron chi connectivity index (χ3n) is 3.09. The van der Waals surface area contributed by atoms with Crippen LogP contribution in [-0.4, -0.2) is 17.6 Å². The second-order valence-corrected chi connectivity index (χ2v) is 4.92. The Morgan fingerprint density at radius 3 is 2.43 bits per heavy atom. The molecule has 0 heterocycles. The van der Waals surface area contributed by atoms with Gasteiger partial charge in [-0.1, -0.05) is 25.3 Å². The van der Waals surface area contributed by atoms with Crippen molar-refractivity contribution in [1.82, 2.24) is 0 Å². The van der Waals surface area contributed by atoms with Gasteiger partial charge in [-0.05, 0) is 31.0 Å². The predicted octanol–water partition coefficient (Wildman–Crippen LogP) is 4.54. The summed E-state index contributed by atoms with van der Waals surface area (Å²) in [5, 5.41) is 11.4. The van der Waals surface area contributed by atoms with Gasteiger partial charge in [0.25, 0.3) is 0 Å². The van der Waals surface area contributed by atoms with Crippen molar-refractivity contribution < 1.29 is 23.1 Å². The number of halogens is 3. The fourth-order valence-electron chi connectivity index (χ4n) is 1.97. The van der Waals surface area contributed by atoms with E-state index in [2.05, 4.69) is 5.32 Å². The Kier molecular flexibility index (Phi) is 7.05. The van der Waals surface area contributed by atoms with Crippen LogP contribution in [0.4, 0.5) is 18.9 Å². The van der Waals surface area contributed by atoms with E-state index < -0.39 is 17.7 Å². The van der Waals surface area contributed by atoms with Gasteiger partial charge in [0, 0.05) is 18.7 Å². The molecule has 0 aliphatic rings. The summed E-state index contributed by atoms with van der Waals surface area (Å²) in [6, 6.07) is 5.15. The van der Waals surface area contributed by atoms with E-state index in [0.717, 1.165) is 37.8 Å². The lowest BCUT2D eigenvalue weighted by Gasteiger charge is -2.10. The number of benzene rings is 1. The molecule has 2 N–H and O–H groups in total. The van der Waals surface area contributed by atoms with Crippen molar-refractivity contribution >= 4 is 11.7 Å². The normalized spacial score (nSPS) is 11.4. The maximum Gasteiger partial charge on any atom is 0.416 e. The molecule has 0 saturated carbocycles. The molecule has 118 valence electrons. The smallest absolute Gasteiger partial charge is 0.416 e. The van der Waals surface area contributed by atoms with Gasteiger partial charge in [-0.3, -0.25) is 4.79 Å². The molecule has 1 aromatic carbocycles. The zero-order valence-corrected chi connectivity index (χ0v) is 11.7. The summed E-state index contributed by atoms with van der Waals surface area (Å²) < 4.78 is 37.5. The topological polar surface area (TPSA) is 49.3 Å². The molecule has 6 heteroatoms. The molecule has 1 rings (SSSR count). The molecule has 0 spiro atoms. The quantitative estimate of drug-likeness (QED) is 0.658. The minimum Gasteiger partial charge on any atom is -0.481 e. The van der Waals surface area contributed by atoms with Crippen LogP contribution in [0.1, 0.15) is 44.1 Å². The Hall–Kier alpha value is -1.72. The van der Waals surface area contributed by atoms with E-state index in [9.17, 15) is 18.0 Å². The highest BCUT2D eigenvalue weighted by molar-refractivity contribution is 5.66. The number of carboxylic acid groups (broad SMARTS) is 1. The number of unbranched alkanes of at least 4 members (excludes halogenated alkanes) is 4. The van der Waals surface area contributed by atoms with Gasteiger partial charge in [-0.15, -0.1) is 0 Å². The van der Waals surface area contributed by atoms with E-state index in [4.69, 9.17) is 5.11 Å². The average Bonchev–Trinajstić information content (AvgIpc) is 2.41. The highest BCUT2D eigenvalue weighted by atomic mass is 19.4. The van der Waals surface area contributed by atoms with Crippen molar-refractivity contribution in [2.45, 2.75) is 44.7 Å². The summed E-state index contributed by atoms with van der Waals surface area (Å²) in [5.74, 6) is -0.777. The minimum atomic E-state index is -4.32. The van der Waals surface area contributed by atoms with Crippen molar-refractivity contribution in [2.24, 2.45) is 0 Å². The number of rotatable bonds is 9. The Morgan fingerprint density at radius 2 is 1.76 bits per heavy atom. The molecule has 0 aliphatic carbocycles. The van der Waals surface area contributed by atoms with Gasteiger partial charge in [0.2, 0.25) is 0 Å². The Balaban J connectivity index is 2.17. The van der Waals surface area contributed by atoms with Gasteiger partial charge in [0.15, 0.2) is 0 Å². The number of hydrogen-bond acceptors (Lipinski definition) is 2. The Bertz CT molecular complexity index is 447. The average molecular weight is 303 g/mol. The minimum absolute atomic E-state index is 0.197. The van der Waals surface area contributed by atoms with E-state index in [1.54, 1.807) is 6.07 Å². The number of hydrogen-bond donors (Lipinski definition) is 2. The van der Waals surface area contributed by atoms with E-state index in [1.807, 2.05) is 0 Å². The van der Waals surface area contributed by atoms with Crippen LogP contribution in [0.3, 0.4) is 0 Å². The van der Waals surface area contributed by atoms with Gasteiger partial charge >= 0.3 is 12.1 Å². The molecule has 21 heavy (non-hydrogen) atoms. The Morgan fingerprint density at radius 1 is 1.10 bits per heavy atom. The highest BCUT2D eigenvalue weighted by Crippen LogP contribution is 2.30. The van der Waals surface area contributed by atoms with Crippen LogP contribution in [0.25, 0.3) is 0 Å². The van der Waals surface area contributed by atoms with Crippen molar-refractivity contribution in [3.63, 3.8) is 0 Å². The first kappa shape index (κ1) is 17.3. The van der Waals surface area contributed by atoms with Gasteiger partial charge in [0.05, 0.1) is 5.56 Å². The van der Waals surface area contributed by atoms with E-state index in [-0.39, 0.29) is 6.42 Å². The lowest BCUT2D eigenvalue weighted by molar-refractivity contribution is -0.138. The van der Waals surface area contributed by atoms with Crippen molar-refractivity contribution in [2.75, 3.05) is 11.9 Å². The molecule has 3 nitrogen and oxygen atoms in total. The predicted molar refractivity (Wildman–Crippen MR) is 75.3 cm³/mol. The third-order valence-corrected chi connectivity index (χ3v) is 3.09. The first-order valence-electron chi connectivity index (χ1n) is 7.02. The molecule has 0 radical (unpaired) electrons. The zero-order chi connectivity index (χ0) is 15.7. The van der Waals surface area contributed by atoms with E-state index in [0.29, 0.717) is 18.7 Å². The first-order chi connectivity index (χ1) is 9.89. The van der Waals surface area contributed by atoms with Gasteiger partial charge in [-0.2, -0.15) is 13.2 Å². The molecule has 0 bridgehead atoms. The molecule has 0 aliphatic heterocycles. The second-order valence-electron chi connectivity index (χ2n) is 4.92. The molecule has 1 aromatic rings. The second kappa shape index (κ2) is 8.54. The third kappa shape index (κ3) is 7.58. The standard InChI is InChI=1S/C15H20F3NO2/c16-15(17,18)12-7-6-8-13(11-12)19-10-5-3-1-2-4-9-14(20)21/h6-8,11,19H,1-5,9-10H2,(H,20,21). The molecule has 0 atom stereocenters. The van der Waals surface area contributed by atoms with E-state index in [1.165, 1.54) is 6.07 Å². The number of anilines is 1. The van der Waals surface area contributed by atoms with Crippen molar-refractivity contribution in [1.29, 1.82) is 0 Å². The molecule has 0 aromatic heterocycles. The first-order valence-corrected chi connectivity index (χ1v) is 7.02. The fourth-order valence-corrected chi connectivity index (χ4v) is 1.97. The SMILES string of the molecule is O=C(O)CCCCCCCNc1cccc(C(F)(F)F)c1. The molecular formula is C15H20F3NO2. The highest BCUT2D eigenvalue weighted by Gasteiger charge is 2.30. The maximum absolute atomic E-state index is 12.5. The Labute approximate surface area is 122 Å². The van der Waals surface area contributed by atoms with E-state index >= 15 is 0 Å². The fraction of sp³-hybridized carbons (Fsp3) is 0.533. The summed E-state index contributed by atoms with van der Waals surface area (Å²) in [5.41, 5.74) is -0.183. The zero-order valence-electron chi connectivity index (χ0n) is 11.7. The summed E-state index contributed by atoms with van der Waals surface area (Å²) in [7, 11) is 0. The van der Waals surface area contributed by atoms with Gasteiger partial charge in [-0.25, -0.2) is 0 Å². The number of alkyl halides is 3. The van der Waals surface area contributed by atoms with Gasteiger partial charge in [0.1, 0.15) is 0 Å².